The summed E-state index contributed by atoms with van der Waals surface area (Å²) >= 11 is 0. The third-order valence-electron chi connectivity index (χ3n) is 5.70. The summed E-state index contributed by atoms with van der Waals surface area (Å²) in [5.74, 6) is -0.755. The molecule has 170 valence electrons. The van der Waals surface area contributed by atoms with E-state index < -0.39 is 0 Å². The second-order valence-corrected chi connectivity index (χ2v) is 8.07. The van der Waals surface area contributed by atoms with E-state index in [1.54, 1.807) is 24.3 Å². The zero-order valence-corrected chi connectivity index (χ0v) is 18.1. The molecule has 33 heavy (non-hydrogen) atoms. The highest BCUT2D eigenvalue weighted by atomic mass is 19.1. The lowest BCUT2D eigenvalue weighted by molar-refractivity contribution is -0.130. The van der Waals surface area contributed by atoms with Crippen molar-refractivity contribution >= 4 is 23.2 Å². The number of carbonyl (C=O) groups excluding carboxylic acids is 2. The van der Waals surface area contributed by atoms with Crippen LogP contribution in [0.3, 0.4) is 0 Å². The highest BCUT2D eigenvalue weighted by Gasteiger charge is 2.21. The summed E-state index contributed by atoms with van der Waals surface area (Å²) in [5.41, 5.74) is 3.27. The van der Waals surface area contributed by atoms with Crippen molar-refractivity contribution < 1.29 is 18.4 Å². The van der Waals surface area contributed by atoms with E-state index in [1.807, 2.05) is 29.2 Å². The van der Waals surface area contributed by atoms with Gasteiger partial charge in [-0.25, -0.2) is 8.78 Å². The highest BCUT2D eigenvalue weighted by molar-refractivity contribution is 5.92. The monoisotopic (exact) mass is 449 g/mol. The van der Waals surface area contributed by atoms with Gasteiger partial charge in [0.25, 0.3) is 0 Å². The van der Waals surface area contributed by atoms with Crippen LogP contribution < -0.4 is 10.2 Å². The van der Waals surface area contributed by atoms with Crippen LogP contribution in [0.5, 0.6) is 0 Å². The maximum Gasteiger partial charge on any atom is 0.228 e. The molecule has 3 aromatic carbocycles. The first-order chi connectivity index (χ1) is 16.0. The van der Waals surface area contributed by atoms with Crippen LogP contribution in [0.25, 0.3) is 0 Å². The molecule has 1 N–H and O–H groups in total. The predicted octanol–water partition coefficient (Wildman–Crippen LogP) is 4.04. The van der Waals surface area contributed by atoms with Crippen LogP contribution in [0.2, 0.25) is 0 Å². The van der Waals surface area contributed by atoms with Crippen LogP contribution in [-0.2, 0) is 22.4 Å². The number of nitrogens with zero attached hydrogens (tertiary/aromatic N) is 2. The lowest BCUT2D eigenvalue weighted by Gasteiger charge is -2.36. The molecule has 0 unspecified atom stereocenters. The van der Waals surface area contributed by atoms with Crippen LogP contribution in [-0.4, -0.2) is 42.9 Å². The van der Waals surface area contributed by atoms with Gasteiger partial charge in [-0.1, -0.05) is 24.3 Å². The Morgan fingerprint density at radius 1 is 0.697 bits per heavy atom. The molecule has 1 aliphatic heterocycles. The molecule has 0 spiro atoms. The number of carbonyl (C=O) groups is 2. The maximum absolute atomic E-state index is 13.0. The van der Waals surface area contributed by atoms with E-state index in [0.717, 1.165) is 16.8 Å². The first kappa shape index (κ1) is 22.5. The van der Waals surface area contributed by atoms with Crippen molar-refractivity contribution in [3.63, 3.8) is 0 Å². The maximum atomic E-state index is 13.0. The van der Waals surface area contributed by atoms with E-state index in [9.17, 15) is 18.4 Å². The van der Waals surface area contributed by atoms with E-state index in [2.05, 4.69) is 10.2 Å². The van der Waals surface area contributed by atoms with E-state index in [-0.39, 0.29) is 36.3 Å². The van der Waals surface area contributed by atoms with E-state index in [1.165, 1.54) is 24.3 Å². The highest BCUT2D eigenvalue weighted by Crippen LogP contribution is 2.20. The van der Waals surface area contributed by atoms with Gasteiger partial charge in [0.15, 0.2) is 0 Å². The molecule has 3 aromatic rings. The zero-order valence-electron chi connectivity index (χ0n) is 18.1. The number of nitrogens with one attached hydrogen (secondary N) is 1. The van der Waals surface area contributed by atoms with Crippen LogP contribution in [0.1, 0.15) is 11.1 Å². The Bertz CT molecular complexity index is 1090. The lowest BCUT2D eigenvalue weighted by atomic mass is 10.1. The summed E-state index contributed by atoms with van der Waals surface area (Å²) < 4.78 is 26.0. The SMILES string of the molecule is O=C(Cc1ccc(F)cc1)Nc1ccc(N2CCN(C(=O)Cc3ccc(F)cc3)CC2)cc1. The molecular weight excluding hydrogens is 424 g/mol. The Kier molecular flexibility index (Phi) is 6.98. The Hall–Kier alpha value is -3.74. The Morgan fingerprint density at radius 3 is 1.76 bits per heavy atom. The number of hydrogen-bond acceptors (Lipinski definition) is 3. The van der Waals surface area contributed by atoms with E-state index in [0.29, 0.717) is 31.9 Å². The van der Waals surface area contributed by atoms with Gasteiger partial charge in [0.1, 0.15) is 11.6 Å². The number of benzene rings is 3. The van der Waals surface area contributed by atoms with Crippen molar-refractivity contribution in [3.8, 4) is 0 Å². The molecule has 0 saturated carbocycles. The molecule has 1 saturated heterocycles. The molecule has 4 rings (SSSR count). The average Bonchev–Trinajstić information content (AvgIpc) is 2.82. The molecule has 0 atom stereocenters. The summed E-state index contributed by atoms with van der Waals surface area (Å²) in [6, 6.07) is 19.5. The van der Waals surface area contributed by atoms with Crippen LogP contribution in [0.15, 0.2) is 72.8 Å². The Labute approximate surface area is 191 Å². The third kappa shape index (κ3) is 6.16. The second kappa shape index (κ2) is 10.3. The topological polar surface area (TPSA) is 52.7 Å². The minimum atomic E-state index is -0.326. The number of piperazine rings is 1. The van der Waals surface area contributed by atoms with Gasteiger partial charge in [0.2, 0.25) is 11.8 Å². The molecule has 0 bridgehead atoms. The number of hydrogen-bond donors (Lipinski definition) is 1. The standard InChI is InChI=1S/C26H25F2N3O2/c27-21-5-1-19(2-6-21)17-25(32)29-23-9-11-24(12-10-23)30-13-15-31(16-14-30)26(33)18-20-3-7-22(28)8-4-20/h1-12H,13-18H2,(H,29,32). The number of anilines is 2. The summed E-state index contributed by atoms with van der Waals surface area (Å²) in [4.78, 5) is 28.8. The molecule has 0 aromatic heterocycles. The second-order valence-electron chi connectivity index (χ2n) is 8.07. The van der Waals surface area contributed by atoms with Crippen molar-refractivity contribution in [2.45, 2.75) is 12.8 Å². The Balaban J connectivity index is 1.25. The van der Waals surface area contributed by atoms with Gasteiger partial charge in [-0.15, -0.1) is 0 Å². The molecule has 0 radical (unpaired) electrons. The van der Waals surface area contributed by atoms with Gasteiger partial charge in [0.05, 0.1) is 12.8 Å². The fourth-order valence-corrected chi connectivity index (χ4v) is 3.85. The number of halogens is 2. The molecule has 1 aliphatic rings. The van der Waals surface area contributed by atoms with Gasteiger partial charge in [-0.05, 0) is 59.7 Å². The molecule has 1 fully saturated rings. The van der Waals surface area contributed by atoms with Crippen molar-refractivity contribution in [2.24, 2.45) is 0 Å². The van der Waals surface area contributed by atoms with Crippen LogP contribution in [0.4, 0.5) is 20.2 Å². The molecule has 7 heteroatoms. The largest absolute Gasteiger partial charge is 0.368 e. The molecular formula is C26H25F2N3O2. The molecule has 2 amide bonds. The third-order valence-corrected chi connectivity index (χ3v) is 5.70. The normalized spacial score (nSPS) is 13.6. The van der Waals surface area contributed by atoms with E-state index >= 15 is 0 Å². The quantitative estimate of drug-likeness (QED) is 0.618. The van der Waals surface area contributed by atoms with Gasteiger partial charge >= 0.3 is 0 Å². The van der Waals surface area contributed by atoms with Gasteiger partial charge in [0, 0.05) is 37.6 Å². The molecule has 0 aliphatic carbocycles. The van der Waals surface area contributed by atoms with Crippen molar-refractivity contribution in [1.29, 1.82) is 0 Å². The summed E-state index contributed by atoms with van der Waals surface area (Å²) in [6.45, 7) is 2.67. The van der Waals surface area contributed by atoms with Crippen molar-refractivity contribution in [3.05, 3.63) is 95.6 Å². The molecule has 1 heterocycles. The smallest absolute Gasteiger partial charge is 0.228 e. The van der Waals surface area contributed by atoms with Crippen molar-refractivity contribution in [2.75, 3.05) is 36.4 Å². The van der Waals surface area contributed by atoms with Crippen molar-refractivity contribution in [1.82, 2.24) is 4.90 Å². The average molecular weight is 450 g/mol. The van der Waals surface area contributed by atoms with E-state index in [4.69, 9.17) is 0 Å². The van der Waals surface area contributed by atoms with Gasteiger partial charge < -0.3 is 15.1 Å². The van der Waals surface area contributed by atoms with Crippen LogP contribution in [0, 0.1) is 11.6 Å². The predicted molar refractivity (Wildman–Crippen MR) is 124 cm³/mol. The van der Waals surface area contributed by atoms with Gasteiger partial charge in [-0.3, -0.25) is 9.59 Å². The Morgan fingerprint density at radius 2 is 1.21 bits per heavy atom. The molecule has 5 nitrogen and oxygen atoms in total. The summed E-state index contributed by atoms with van der Waals surface area (Å²) in [7, 11) is 0. The summed E-state index contributed by atoms with van der Waals surface area (Å²) in [5, 5.41) is 2.86. The zero-order chi connectivity index (χ0) is 23.2. The van der Waals surface area contributed by atoms with Crippen LogP contribution >= 0.6 is 0 Å². The minimum Gasteiger partial charge on any atom is -0.368 e. The lowest BCUT2D eigenvalue weighted by Crippen LogP contribution is -2.49. The van der Waals surface area contributed by atoms with Gasteiger partial charge in [-0.2, -0.15) is 0 Å². The summed E-state index contributed by atoms with van der Waals surface area (Å²) in [6.07, 6.45) is 0.447. The number of rotatable bonds is 6. The minimum absolute atomic E-state index is 0.0421. The first-order valence-corrected chi connectivity index (χ1v) is 10.9. The fraction of sp³-hybridized carbons (Fsp3) is 0.231. The number of amides is 2. The first-order valence-electron chi connectivity index (χ1n) is 10.9. The fourth-order valence-electron chi connectivity index (χ4n) is 3.85.